The summed E-state index contributed by atoms with van der Waals surface area (Å²) in [5.74, 6) is 0.478. The summed E-state index contributed by atoms with van der Waals surface area (Å²) < 4.78 is 17.7. The first-order valence-electron chi connectivity index (χ1n) is 8.47. The molecule has 0 aromatic carbocycles. The summed E-state index contributed by atoms with van der Waals surface area (Å²) in [7, 11) is 1.69. The third-order valence-electron chi connectivity index (χ3n) is 4.85. The molecule has 23 heavy (non-hydrogen) atoms. The Hall–Kier alpha value is -1.33. The third kappa shape index (κ3) is 3.61. The summed E-state index contributed by atoms with van der Waals surface area (Å²) >= 11 is 0. The van der Waals surface area contributed by atoms with Crippen LogP contribution in [-0.4, -0.2) is 37.1 Å². The van der Waals surface area contributed by atoms with Crippen molar-refractivity contribution in [1.29, 1.82) is 0 Å². The first-order chi connectivity index (χ1) is 10.9. The van der Waals surface area contributed by atoms with Gasteiger partial charge in [0.15, 0.2) is 11.5 Å². The van der Waals surface area contributed by atoms with Crippen LogP contribution in [0.4, 0.5) is 5.69 Å². The Morgan fingerprint density at radius 3 is 2.48 bits per heavy atom. The number of hydrogen-bond donors (Lipinski definition) is 1. The molecule has 1 aromatic rings. The summed E-state index contributed by atoms with van der Waals surface area (Å²) in [6.45, 7) is 7.90. The van der Waals surface area contributed by atoms with Crippen molar-refractivity contribution in [2.24, 2.45) is 5.41 Å². The van der Waals surface area contributed by atoms with Gasteiger partial charge in [-0.2, -0.15) is 0 Å². The molecule has 1 saturated heterocycles. The van der Waals surface area contributed by atoms with Gasteiger partial charge in [-0.15, -0.1) is 0 Å². The summed E-state index contributed by atoms with van der Waals surface area (Å²) in [6, 6.07) is 2.39. The molecule has 0 atom stereocenters. The van der Waals surface area contributed by atoms with Crippen molar-refractivity contribution in [2.45, 2.75) is 58.3 Å². The highest BCUT2D eigenvalue weighted by Crippen LogP contribution is 2.40. The van der Waals surface area contributed by atoms with Gasteiger partial charge in [-0.1, -0.05) is 13.8 Å². The maximum Gasteiger partial charge on any atom is 0.168 e. The van der Waals surface area contributed by atoms with Crippen LogP contribution in [0.25, 0.3) is 0 Å². The molecule has 0 amide bonds. The fourth-order valence-electron chi connectivity index (χ4n) is 3.37. The fourth-order valence-corrected chi connectivity index (χ4v) is 3.37. The van der Waals surface area contributed by atoms with E-state index in [9.17, 15) is 0 Å². The first-order valence-corrected chi connectivity index (χ1v) is 8.47. The maximum atomic E-state index is 6.10. The lowest BCUT2D eigenvalue weighted by Gasteiger charge is -2.46. The molecule has 0 bridgehead atoms. The number of methoxy groups -OCH3 is 1. The van der Waals surface area contributed by atoms with Crippen molar-refractivity contribution in [3.63, 3.8) is 0 Å². The molecule has 1 saturated carbocycles. The molecule has 1 spiro atoms. The molecular weight excluding hydrogens is 292 g/mol. The molecule has 1 N–H and O–H groups in total. The lowest BCUT2D eigenvalue weighted by molar-refractivity contribution is -0.310. The van der Waals surface area contributed by atoms with Crippen molar-refractivity contribution in [2.75, 3.05) is 25.6 Å². The molecule has 1 aliphatic carbocycles. The normalized spacial score (nSPS) is 23.7. The van der Waals surface area contributed by atoms with Crippen LogP contribution in [0.2, 0.25) is 0 Å². The Labute approximate surface area is 138 Å². The van der Waals surface area contributed by atoms with Gasteiger partial charge < -0.3 is 19.5 Å². The second-order valence-electron chi connectivity index (χ2n) is 7.55. The van der Waals surface area contributed by atoms with Gasteiger partial charge in [0.25, 0.3) is 0 Å². The Morgan fingerprint density at radius 1 is 1.22 bits per heavy atom. The number of nitrogens with zero attached hydrogens (tertiary/aromatic N) is 1. The van der Waals surface area contributed by atoms with Crippen molar-refractivity contribution < 1.29 is 14.2 Å². The highest BCUT2D eigenvalue weighted by Gasteiger charge is 2.43. The topological polar surface area (TPSA) is 52.6 Å². The minimum atomic E-state index is -0.355. The Bertz CT molecular complexity index is 539. The molecule has 2 heterocycles. The van der Waals surface area contributed by atoms with Gasteiger partial charge in [0.1, 0.15) is 0 Å². The molecular formula is C18H28N2O3. The van der Waals surface area contributed by atoms with Crippen molar-refractivity contribution in [3.8, 4) is 5.75 Å². The summed E-state index contributed by atoms with van der Waals surface area (Å²) in [4.78, 5) is 4.28. The van der Waals surface area contributed by atoms with Crippen LogP contribution in [0.5, 0.6) is 5.75 Å². The fraction of sp³-hybridized carbons (Fsp3) is 0.722. The molecule has 0 unspecified atom stereocenters. The zero-order chi connectivity index (χ0) is 16.5. The minimum Gasteiger partial charge on any atom is -0.493 e. The maximum absolute atomic E-state index is 6.10. The molecule has 0 radical (unpaired) electrons. The number of pyridine rings is 1. The van der Waals surface area contributed by atoms with Gasteiger partial charge in [0.05, 0.1) is 31.7 Å². The minimum absolute atomic E-state index is 0.127. The second-order valence-corrected chi connectivity index (χ2v) is 7.55. The molecule has 2 fully saturated rings. The van der Waals surface area contributed by atoms with Crippen molar-refractivity contribution in [1.82, 2.24) is 4.98 Å². The van der Waals surface area contributed by atoms with E-state index in [0.717, 1.165) is 56.0 Å². The number of rotatable bonds is 3. The van der Waals surface area contributed by atoms with Crippen LogP contribution < -0.4 is 10.1 Å². The van der Waals surface area contributed by atoms with E-state index in [4.69, 9.17) is 14.2 Å². The van der Waals surface area contributed by atoms with Crippen LogP contribution >= 0.6 is 0 Å². The number of hydrogen-bond acceptors (Lipinski definition) is 5. The van der Waals surface area contributed by atoms with E-state index in [1.807, 2.05) is 19.2 Å². The summed E-state index contributed by atoms with van der Waals surface area (Å²) in [5, 5.41) is 3.60. The Morgan fingerprint density at radius 2 is 1.87 bits per heavy atom. The molecule has 3 rings (SSSR count). The van der Waals surface area contributed by atoms with E-state index < -0.39 is 0 Å². The van der Waals surface area contributed by atoms with Crippen LogP contribution in [0.3, 0.4) is 0 Å². The van der Waals surface area contributed by atoms with E-state index in [1.54, 1.807) is 7.11 Å². The summed E-state index contributed by atoms with van der Waals surface area (Å²) in [5.41, 5.74) is 2.06. The molecule has 1 aliphatic heterocycles. The van der Waals surface area contributed by atoms with Crippen LogP contribution in [0.15, 0.2) is 12.3 Å². The largest absolute Gasteiger partial charge is 0.493 e. The average Bonchev–Trinajstić information content (AvgIpc) is 2.53. The van der Waals surface area contributed by atoms with Crippen LogP contribution in [0, 0.1) is 12.3 Å². The lowest BCUT2D eigenvalue weighted by atomic mass is 9.87. The molecule has 1 aromatic heterocycles. The number of anilines is 1. The van der Waals surface area contributed by atoms with Crippen molar-refractivity contribution >= 4 is 5.69 Å². The Kier molecular flexibility index (Phi) is 4.52. The summed E-state index contributed by atoms with van der Waals surface area (Å²) in [6.07, 6.45) is 5.76. The smallest absolute Gasteiger partial charge is 0.168 e. The molecule has 2 aliphatic rings. The number of aromatic nitrogens is 1. The van der Waals surface area contributed by atoms with E-state index in [1.165, 1.54) is 0 Å². The van der Waals surface area contributed by atoms with Crippen LogP contribution in [-0.2, 0) is 9.47 Å². The van der Waals surface area contributed by atoms with Gasteiger partial charge in [0.2, 0.25) is 0 Å². The molecule has 5 nitrogen and oxygen atoms in total. The molecule has 128 valence electrons. The van der Waals surface area contributed by atoms with E-state index >= 15 is 0 Å². The standard InChI is InChI=1S/C18H28N2O3/c1-13-16(21-4)15(7-10-19-13)20-14-5-8-18(9-6-14)22-11-17(2,3)12-23-18/h7,10,14H,5-6,8-9,11-12H2,1-4H3,(H,19,20). The predicted molar refractivity (Wildman–Crippen MR) is 89.8 cm³/mol. The van der Waals surface area contributed by atoms with Gasteiger partial charge in [-0.25, -0.2) is 0 Å². The second kappa shape index (κ2) is 6.29. The highest BCUT2D eigenvalue weighted by atomic mass is 16.7. The third-order valence-corrected chi connectivity index (χ3v) is 4.85. The SMILES string of the molecule is COc1c(NC2CCC3(CC2)OCC(C)(C)CO3)ccnc1C. The van der Waals surface area contributed by atoms with E-state index in [-0.39, 0.29) is 11.2 Å². The van der Waals surface area contributed by atoms with Gasteiger partial charge in [-0.05, 0) is 25.8 Å². The van der Waals surface area contributed by atoms with E-state index in [2.05, 4.69) is 24.1 Å². The first kappa shape index (κ1) is 16.5. The lowest BCUT2D eigenvalue weighted by Crippen LogP contribution is -2.50. The Balaban J connectivity index is 1.59. The highest BCUT2D eigenvalue weighted by molar-refractivity contribution is 5.58. The van der Waals surface area contributed by atoms with Gasteiger partial charge >= 0.3 is 0 Å². The number of nitrogens with one attached hydrogen (secondary N) is 1. The van der Waals surface area contributed by atoms with Gasteiger partial charge in [0, 0.05) is 30.5 Å². The number of ether oxygens (including phenoxy) is 3. The van der Waals surface area contributed by atoms with Gasteiger partial charge in [-0.3, -0.25) is 4.98 Å². The monoisotopic (exact) mass is 320 g/mol. The zero-order valence-corrected chi connectivity index (χ0v) is 14.6. The zero-order valence-electron chi connectivity index (χ0n) is 14.6. The average molecular weight is 320 g/mol. The predicted octanol–water partition coefficient (Wildman–Crippen LogP) is 3.52. The van der Waals surface area contributed by atoms with Crippen LogP contribution in [0.1, 0.15) is 45.2 Å². The quantitative estimate of drug-likeness (QED) is 0.923. The van der Waals surface area contributed by atoms with Crippen molar-refractivity contribution in [3.05, 3.63) is 18.0 Å². The van der Waals surface area contributed by atoms with E-state index in [0.29, 0.717) is 6.04 Å². The molecule has 5 heteroatoms. The number of aryl methyl sites for hydroxylation is 1.